The van der Waals surface area contributed by atoms with Gasteiger partial charge in [0.2, 0.25) is 5.91 Å². The van der Waals surface area contributed by atoms with E-state index in [1.54, 1.807) is 60.5 Å². The van der Waals surface area contributed by atoms with Crippen molar-refractivity contribution in [1.82, 2.24) is 9.78 Å². The minimum absolute atomic E-state index is 0.0883. The molecule has 140 valence electrons. The van der Waals surface area contributed by atoms with E-state index in [9.17, 15) is 13.2 Å². The van der Waals surface area contributed by atoms with Crippen molar-refractivity contribution in [1.29, 1.82) is 0 Å². The highest BCUT2D eigenvalue weighted by atomic mass is 35.5. The molecule has 1 N–H and O–H groups in total. The molecule has 6 nitrogen and oxygen atoms in total. The summed E-state index contributed by atoms with van der Waals surface area (Å²) in [7, 11) is -1.68. The Morgan fingerprint density at radius 3 is 2.56 bits per heavy atom. The molecule has 2 aromatic carbocycles. The highest BCUT2D eigenvalue weighted by Crippen LogP contribution is 2.27. The van der Waals surface area contributed by atoms with Crippen molar-refractivity contribution in [2.24, 2.45) is 7.05 Å². The zero-order valence-corrected chi connectivity index (χ0v) is 16.4. The summed E-state index contributed by atoms with van der Waals surface area (Å²) in [6.07, 6.45) is 4.63. The molecule has 0 radical (unpaired) electrons. The van der Waals surface area contributed by atoms with Gasteiger partial charge in [-0.25, -0.2) is 8.42 Å². The van der Waals surface area contributed by atoms with Crippen molar-refractivity contribution in [3.05, 3.63) is 65.4 Å². The Bertz CT molecular complexity index is 1110. The molecule has 0 saturated carbocycles. The lowest BCUT2D eigenvalue weighted by Crippen LogP contribution is -2.15. The number of nitrogens with one attached hydrogen (secondary N) is 1. The fourth-order valence-electron chi connectivity index (χ4n) is 2.64. The van der Waals surface area contributed by atoms with Gasteiger partial charge in [-0.05, 0) is 35.4 Å². The van der Waals surface area contributed by atoms with E-state index in [0.29, 0.717) is 21.8 Å². The van der Waals surface area contributed by atoms with Gasteiger partial charge in [0.15, 0.2) is 9.84 Å². The predicted octanol–water partition coefficient (Wildman–Crippen LogP) is 3.33. The third kappa shape index (κ3) is 4.75. The largest absolute Gasteiger partial charge is 0.326 e. The van der Waals surface area contributed by atoms with E-state index in [1.807, 2.05) is 0 Å². The Morgan fingerprint density at radius 2 is 1.93 bits per heavy atom. The monoisotopic (exact) mass is 403 g/mol. The van der Waals surface area contributed by atoms with Gasteiger partial charge in [0.1, 0.15) is 0 Å². The molecule has 1 amide bonds. The van der Waals surface area contributed by atoms with Crippen LogP contribution in [0, 0.1) is 0 Å². The third-order valence-electron chi connectivity index (χ3n) is 3.97. The molecule has 3 rings (SSSR count). The fraction of sp³-hybridized carbons (Fsp3) is 0.158. The normalized spacial score (nSPS) is 11.4. The maximum atomic E-state index is 12.4. The number of carbonyl (C=O) groups is 1. The lowest BCUT2D eigenvalue weighted by Gasteiger charge is -2.10. The van der Waals surface area contributed by atoms with Gasteiger partial charge < -0.3 is 5.32 Å². The maximum absolute atomic E-state index is 12.4. The van der Waals surface area contributed by atoms with Gasteiger partial charge in [0.25, 0.3) is 0 Å². The van der Waals surface area contributed by atoms with Gasteiger partial charge >= 0.3 is 0 Å². The minimum atomic E-state index is -3.45. The zero-order valence-electron chi connectivity index (χ0n) is 14.8. The Hall–Kier alpha value is -2.64. The molecule has 0 atom stereocenters. The van der Waals surface area contributed by atoms with E-state index in [1.165, 1.54) is 6.07 Å². The molecule has 1 aromatic heterocycles. The molecule has 0 aliphatic heterocycles. The Kier molecular flexibility index (Phi) is 5.34. The predicted molar refractivity (Wildman–Crippen MR) is 106 cm³/mol. The number of benzene rings is 2. The van der Waals surface area contributed by atoms with Crippen molar-refractivity contribution >= 4 is 33.0 Å². The SMILES string of the molecule is Cn1cc(-c2cc(NC(=O)Cc3ccccc3Cl)cc(S(C)(=O)=O)c2)cn1. The lowest BCUT2D eigenvalue weighted by molar-refractivity contribution is -0.115. The van der Waals surface area contributed by atoms with Crippen molar-refractivity contribution in [2.75, 3.05) is 11.6 Å². The van der Waals surface area contributed by atoms with Gasteiger partial charge in [0, 0.05) is 35.8 Å². The summed E-state index contributed by atoms with van der Waals surface area (Å²) in [5.74, 6) is -0.286. The third-order valence-corrected chi connectivity index (χ3v) is 5.43. The van der Waals surface area contributed by atoms with Gasteiger partial charge in [-0.3, -0.25) is 9.48 Å². The van der Waals surface area contributed by atoms with Gasteiger partial charge in [-0.15, -0.1) is 0 Å². The van der Waals surface area contributed by atoms with E-state index in [4.69, 9.17) is 11.6 Å². The topological polar surface area (TPSA) is 81.1 Å². The molecular weight excluding hydrogens is 386 g/mol. The molecule has 0 spiro atoms. The number of hydrogen-bond donors (Lipinski definition) is 1. The first-order valence-electron chi connectivity index (χ1n) is 8.10. The number of rotatable bonds is 5. The second-order valence-corrected chi connectivity index (χ2v) is 8.66. The molecule has 0 fully saturated rings. The van der Waals surface area contributed by atoms with Crippen LogP contribution in [-0.4, -0.2) is 30.4 Å². The van der Waals surface area contributed by atoms with Crippen LogP contribution in [0.3, 0.4) is 0 Å². The van der Waals surface area contributed by atoms with Crippen LogP contribution in [0.4, 0.5) is 5.69 Å². The quantitative estimate of drug-likeness (QED) is 0.708. The zero-order chi connectivity index (χ0) is 19.6. The van der Waals surface area contributed by atoms with Crippen molar-refractivity contribution in [3.8, 4) is 11.1 Å². The summed E-state index contributed by atoms with van der Waals surface area (Å²) >= 11 is 6.10. The van der Waals surface area contributed by atoms with Crippen molar-refractivity contribution in [3.63, 3.8) is 0 Å². The van der Waals surface area contributed by atoms with Crippen LogP contribution in [0.2, 0.25) is 5.02 Å². The van der Waals surface area contributed by atoms with Gasteiger partial charge in [-0.2, -0.15) is 5.10 Å². The van der Waals surface area contributed by atoms with E-state index >= 15 is 0 Å². The smallest absolute Gasteiger partial charge is 0.228 e. The Labute approximate surface area is 162 Å². The first-order valence-corrected chi connectivity index (χ1v) is 10.4. The summed E-state index contributed by atoms with van der Waals surface area (Å²) < 4.78 is 25.7. The van der Waals surface area contributed by atoms with Gasteiger partial charge in [-0.1, -0.05) is 29.8 Å². The van der Waals surface area contributed by atoms with E-state index < -0.39 is 9.84 Å². The molecule has 8 heteroatoms. The van der Waals surface area contributed by atoms with Gasteiger partial charge in [0.05, 0.1) is 17.5 Å². The standard InChI is InChI=1S/C19H18ClN3O3S/c1-23-12-15(11-21-23)14-7-16(10-17(8-14)27(2,25)26)22-19(24)9-13-5-3-4-6-18(13)20/h3-8,10-12H,9H2,1-2H3,(H,22,24). The van der Waals surface area contributed by atoms with Crippen LogP contribution in [0.1, 0.15) is 5.56 Å². The van der Waals surface area contributed by atoms with Crippen molar-refractivity contribution < 1.29 is 13.2 Å². The maximum Gasteiger partial charge on any atom is 0.228 e. The molecule has 0 bridgehead atoms. The highest BCUT2D eigenvalue weighted by molar-refractivity contribution is 7.90. The molecule has 3 aromatic rings. The second kappa shape index (κ2) is 7.54. The van der Waals surface area contributed by atoms with Crippen molar-refractivity contribution in [2.45, 2.75) is 11.3 Å². The van der Waals surface area contributed by atoms with Crippen LogP contribution < -0.4 is 5.32 Å². The first kappa shape index (κ1) is 19.1. The fourth-order valence-corrected chi connectivity index (χ4v) is 3.53. The minimum Gasteiger partial charge on any atom is -0.326 e. The molecule has 0 saturated heterocycles. The van der Waals surface area contributed by atoms with Crippen LogP contribution in [0.5, 0.6) is 0 Å². The first-order chi connectivity index (χ1) is 12.7. The summed E-state index contributed by atoms with van der Waals surface area (Å²) in [4.78, 5) is 12.5. The molecule has 0 unspecified atom stereocenters. The number of carbonyl (C=O) groups excluding carboxylic acids is 1. The average molecular weight is 404 g/mol. The molecule has 0 aliphatic carbocycles. The van der Waals surface area contributed by atoms with Crippen LogP contribution in [0.15, 0.2) is 59.8 Å². The van der Waals surface area contributed by atoms with E-state index in [2.05, 4.69) is 10.4 Å². The Balaban J connectivity index is 1.92. The summed E-state index contributed by atoms with van der Waals surface area (Å²) in [6, 6.07) is 11.8. The number of anilines is 1. The number of aryl methyl sites for hydroxylation is 1. The summed E-state index contributed by atoms with van der Waals surface area (Å²) in [5.41, 5.74) is 2.50. The summed E-state index contributed by atoms with van der Waals surface area (Å²) in [5, 5.41) is 7.37. The summed E-state index contributed by atoms with van der Waals surface area (Å²) in [6.45, 7) is 0. The highest BCUT2D eigenvalue weighted by Gasteiger charge is 2.14. The second-order valence-electron chi connectivity index (χ2n) is 6.24. The number of halogens is 1. The molecular formula is C19H18ClN3O3S. The average Bonchev–Trinajstić information content (AvgIpc) is 3.02. The number of amides is 1. The van der Waals surface area contributed by atoms with E-state index in [0.717, 1.165) is 11.8 Å². The van der Waals surface area contributed by atoms with Crippen LogP contribution in [0.25, 0.3) is 11.1 Å². The molecule has 0 aliphatic rings. The van der Waals surface area contributed by atoms with E-state index in [-0.39, 0.29) is 17.2 Å². The van der Waals surface area contributed by atoms with Crippen LogP contribution >= 0.6 is 11.6 Å². The number of hydrogen-bond acceptors (Lipinski definition) is 4. The molecule has 1 heterocycles. The number of nitrogens with zero attached hydrogens (tertiary/aromatic N) is 2. The van der Waals surface area contributed by atoms with Crippen LogP contribution in [-0.2, 0) is 28.1 Å². The number of sulfone groups is 1. The molecule has 27 heavy (non-hydrogen) atoms. The Morgan fingerprint density at radius 1 is 1.19 bits per heavy atom. The lowest BCUT2D eigenvalue weighted by atomic mass is 10.1. The number of aromatic nitrogens is 2.